The molecule has 2 aliphatic heterocycles. The minimum Gasteiger partial charge on any atom is -0.127 e. The molecule has 8 atom stereocenters. The summed E-state index contributed by atoms with van der Waals surface area (Å²) in [5.74, 6) is 4.83. The zero-order valence-corrected chi connectivity index (χ0v) is 19.8. The van der Waals surface area contributed by atoms with E-state index in [0.29, 0.717) is 0 Å². The summed E-state index contributed by atoms with van der Waals surface area (Å²) in [7, 11) is -1.35. The lowest BCUT2D eigenvalue weighted by molar-refractivity contribution is 0.274. The summed E-state index contributed by atoms with van der Waals surface area (Å²) in [5, 5.41) is 1.80. The van der Waals surface area contributed by atoms with E-state index in [-0.39, 0.29) is 0 Å². The molecule has 0 spiro atoms. The third kappa shape index (κ3) is 2.62. The molecule has 3 fully saturated rings. The van der Waals surface area contributed by atoms with Gasteiger partial charge in [0.15, 0.2) is 0 Å². The molecular weight excluding hydrogens is 368 g/mol. The van der Waals surface area contributed by atoms with Gasteiger partial charge in [0.25, 0.3) is 0 Å². The SMILES string of the molecule is CC1=CC2C3C=C(C)SC3C([Si](C)(C)C3C(C)CC4CCCCC43)C2S1. The minimum absolute atomic E-state index is 0.839. The first-order valence-electron chi connectivity index (χ1n) is 11.1. The van der Waals surface area contributed by atoms with Crippen molar-refractivity contribution in [2.24, 2.45) is 29.6 Å². The van der Waals surface area contributed by atoms with Crippen molar-refractivity contribution in [3.8, 4) is 0 Å². The molecule has 0 saturated heterocycles. The van der Waals surface area contributed by atoms with Crippen molar-refractivity contribution in [2.45, 2.75) is 87.6 Å². The highest BCUT2D eigenvalue weighted by Crippen LogP contribution is 2.68. The maximum absolute atomic E-state index is 2.83. The Balaban J connectivity index is 1.50. The van der Waals surface area contributed by atoms with Crippen LogP contribution in [0.1, 0.15) is 52.9 Å². The second-order valence-corrected chi connectivity index (χ2v) is 18.5. The lowest BCUT2D eigenvalue weighted by atomic mass is 9.82. The molecule has 0 aromatic heterocycles. The van der Waals surface area contributed by atoms with E-state index in [0.717, 1.165) is 51.2 Å². The normalized spacial score (nSPS) is 50.3. The van der Waals surface area contributed by atoms with Crippen molar-refractivity contribution in [2.75, 3.05) is 0 Å². The molecule has 0 aromatic rings. The van der Waals surface area contributed by atoms with Crippen LogP contribution in [0, 0.1) is 29.6 Å². The second kappa shape index (κ2) is 6.45. The van der Waals surface area contributed by atoms with Gasteiger partial charge in [0.1, 0.15) is 0 Å². The summed E-state index contributed by atoms with van der Waals surface area (Å²) in [5.41, 5.74) is 2.09. The lowest BCUT2D eigenvalue weighted by Gasteiger charge is -2.46. The number of allylic oxidation sites excluding steroid dienone is 4. The maximum atomic E-state index is 2.83. The van der Waals surface area contributed by atoms with Gasteiger partial charge in [0.2, 0.25) is 0 Å². The van der Waals surface area contributed by atoms with Crippen LogP contribution in [0.3, 0.4) is 0 Å². The monoisotopic (exact) mass is 404 g/mol. The van der Waals surface area contributed by atoms with Gasteiger partial charge in [0, 0.05) is 10.5 Å². The van der Waals surface area contributed by atoms with E-state index in [4.69, 9.17) is 0 Å². The fourth-order valence-corrected chi connectivity index (χ4v) is 19.4. The number of hydrogen-bond donors (Lipinski definition) is 0. The Morgan fingerprint density at radius 2 is 1.46 bits per heavy atom. The molecule has 0 aromatic carbocycles. The largest absolute Gasteiger partial charge is 0.127 e. The molecule has 2 heterocycles. The van der Waals surface area contributed by atoms with Crippen LogP contribution in [0.4, 0.5) is 0 Å². The topological polar surface area (TPSA) is 0 Å². The van der Waals surface area contributed by atoms with Gasteiger partial charge < -0.3 is 0 Å². The molecule has 3 saturated carbocycles. The summed E-state index contributed by atoms with van der Waals surface area (Å²) >= 11 is 4.54. The van der Waals surface area contributed by atoms with Crippen molar-refractivity contribution in [3.63, 3.8) is 0 Å². The van der Waals surface area contributed by atoms with Crippen LogP contribution in [0.5, 0.6) is 0 Å². The van der Waals surface area contributed by atoms with Crippen LogP contribution < -0.4 is 0 Å². The van der Waals surface area contributed by atoms with Gasteiger partial charge in [-0.05, 0) is 70.8 Å². The van der Waals surface area contributed by atoms with Crippen molar-refractivity contribution in [3.05, 3.63) is 22.0 Å². The number of rotatable bonds is 2. The molecule has 0 bridgehead atoms. The van der Waals surface area contributed by atoms with Gasteiger partial charge in [-0.2, -0.15) is 0 Å². The van der Waals surface area contributed by atoms with Crippen LogP contribution in [0.15, 0.2) is 22.0 Å². The first-order valence-corrected chi connectivity index (χ1v) is 16.0. The molecule has 3 aliphatic carbocycles. The average molecular weight is 405 g/mol. The lowest BCUT2D eigenvalue weighted by Crippen LogP contribution is -2.47. The molecule has 0 nitrogen and oxygen atoms in total. The third-order valence-corrected chi connectivity index (χ3v) is 17.3. The molecular formula is C23H36S2Si. The van der Waals surface area contributed by atoms with Crippen LogP contribution in [-0.2, 0) is 0 Å². The zero-order chi connectivity index (χ0) is 18.2. The van der Waals surface area contributed by atoms with Crippen LogP contribution in [0.25, 0.3) is 0 Å². The van der Waals surface area contributed by atoms with Crippen molar-refractivity contribution in [1.29, 1.82) is 0 Å². The molecule has 144 valence electrons. The van der Waals surface area contributed by atoms with Crippen molar-refractivity contribution in [1.82, 2.24) is 0 Å². The van der Waals surface area contributed by atoms with E-state index in [1.807, 2.05) is 0 Å². The fourth-order valence-electron chi connectivity index (χ4n) is 8.27. The van der Waals surface area contributed by atoms with Gasteiger partial charge in [-0.3, -0.25) is 0 Å². The third-order valence-electron chi connectivity index (χ3n) is 8.84. The molecule has 8 unspecified atom stereocenters. The van der Waals surface area contributed by atoms with Gasteiger partial charge in [-0.1, -0.05) is 57.9 Å². The zero-order valence-electron chi connectivity index (χ0n) is 17.2. The van der Waals surface area contributed by atoms with E-state index in [2.05, 4.69) is 69.5 Å². The first-order chi connectivity index (χ1) is 12.4. The summed E-state index contributed by atoms with van der Waals surface area (Å²) < 4.78 is 0. The Morgan fingerprint density at radius 3 is 2.08 bits per heavy atom. The number of thioether (sulfide) groups is 2. The standard InChI is InChI=1S/C23H36S2Si/c1-13-10-16-8-6-7-9-17(16)22(13)26(4,5)23-20-18(11-14(2)24-20)19-12-15(3)25-21(19)23/h11-13,16-23H,6-10H2,1-5H3. The van der Waals surface area contributed by atoms with E-state index in [9.17, 15) is 0 Å². The van der Waals surface area contributed by atoms with Gasteiger partial charge in [-0.15, -0.1) is 23.5 Å². The molecule has 5 rings (SSSR count). The minimum atomic E-state index is -1.35. The van der Waals surface area contributed by atoms with Gasteiger partial charge in [0.05, 0.1) is 8.07 Å². The Bertz CT molecular complexity index is 619. The van der Waals surface area contributed by atoms with E-state index in [1.54, 1.807) is 29.1 Å². The van der Waals surface area contributed by atoms with Crippen LogP contribution in [0.2, 0.25) is 24.2 Å². The summed E-state index contributed by atoms with van der Waals surface area (Å²) in [4.78, 5) is 3.23. The van der Waals surface area contributed by atoms with E-state index in [1.165, 1.54) is 12.8 Å². The molecule has 3 heteroatoms. The molecule has 5 aliphatic rings. The van der Waals surface area contributed by atoms with Crippen LogP contribution >= 0.6 is 23.5 Å². The number of fused-ring (bicyclic) bond motifs is 4. The van der Waals surface area contributed by atoms with E-state index < -0.39 is 8.07 Å². The van der Waals surface area contributed by atoms with Crippen LogP contribution in [-0.4, -0.2) is 18.6 Å². The predicted octanol–water partition coefficient (Wildman–Crippen LogP) is 7.57. The highest BCUT2D eigenvalue weighted by Gasteiger charge is 2.62. The molecule has 0 radical (unpaired) electrons. The fraction of sp³-hybridized carbons (Fsp3) is 0.826. The Hall–Kier alpha value is 0.397. The second-order valence-electron chi connectivity index (χ2n) is 10.7. The Kier molecular flexibility index (Phi) is 4.57. The summed E-state index contributed by atoms with van der Waals surface area (Å²) in [6, 6.07) is 0. The summed E-state index contributed by atoms with van der Waals surface area (Å²) in [6.07, 6.45) is 13.0. The van der Waals surface area contributed by atoms with Gasteiger partial charge in [-0.25, -0.2) is 0 Å². The Labute approximate surface area is 170 Å². The summed E-state index contributed by atoms with van der Waals surface area (Å²) in [6.45, 7) is 13.0. The van der Waals surface area contributed by atoms with Crippen molar-refractivity contribution < 1.29 is 0 Å². The molecule has 26 heavy (non-hydrogen) atoms. The van der Waals surface area contributed by atoms with E-state index >= 15 is 0 Å². The maximum Gasteiger partial charge on any atom is 0.0566 e. The Morgan fingerprint density at radius 1 is 0.885 bits per heavy atom. The first kappa shape index (κ1) is 18.4. The molecule has 0 N–H and O–H groups in total. The highest BCUT2D eigenvalue weighted by atomic mass is 32.2. The van der Waals surface area contributed by atoms with Gasteiger partial charge >= 0.3 is 0 Å². The highest BCUT2D eigenvalue weighted by molar-refractivity contribution is 8.05. The average Bonchev–Trinajstić information content (AvgIpc) is 3.25. The smallest absolute Gasteiger partial charge is 0.0566 e. The quantitative estimate of drug-likeness (QED) is 0.435. The predicted molar refractivity (Wildman–Crippen MR) is 121 cm³/mol. The van der Waals surface area contributed by atoms with Crippen molar-refractivity contribution >= 4 is 31.6 Å². The number of hydrogen-bond acceptors (Lipinski definition) is 2. The molecule has 0 amide bonds.